The minimum atomic E-state index is 0.0763. The van der Waals surface area contributed by atoms with Crippen molar-refractivity contribution in [3.8, 4) is 0 Å². The molecule has 0 atom stereocenters. The molecular formula is C17H14INO. The lowest BCUT2D eigenvalue weighted by Gasteiger charge is -2.17. The van der Waals surface area contributed by atoms with E-state index in [0.29, 0.717) is 4.55 Å². The van der Waals surface area contributed by atoms with E-state index in [9.17, 15) is 4.79 Å². The van der Waals surface area contributed by atoms with E-state index in [2.05, 4.69) is 40.8 Å². The highest BCUT2D eigenvalue weighted by Gasteiger charge is 2.17. The molecule has 3 aromatic carbocycles. The molecule has 0 aliphatic rings. The van der Waals surface area contributed by atoms with Crippen molar-refractivity contribution in [1.82, 2.24) is 4.90 Å². The predicted molar refractivity (Wildman–Crippen MR) is 92.4 cm³/mol. The molecule has 0 aromatic heterocycles. The fraction of sp³-hybridized carbons (Fsp3) is 0.118. The minimum absolute atomic E-state index is 0.0763. The largest absolute Gasteiger partial charge is 0.332 e. The van der Waals surface area contributed by atoms with Crippen LogP contribution < -0.4 is 0 Å². The summed E-state index contributed by atoms with van der Waals surface area (Å²) in [6, 6.07) is 18.3. The van der Waals surface area contributed by atoms with Crippen LogP contribution in [0.1, 0.15) is 10.4 Å². The SMILES string of the molecule is CN(CI)C(=O)c1c2ccccc2cc2ccccc12. The fourth-order valence-electron chi connectivity index (χ4n) is 2.49. The molecule has 0 N–H and O–H groups in total. The molecule has 3 heteroatoms. The van der Waals surface area contributed by atoms with E-state index >= 15 is 0 Å². The Kier molecular flexibility index (Phi) is 3.61. The Morgan fingerprint density at radius 3 is 2.00 bits per heavy atom. The van der Waals surface area contributed by atoms with Crippen LogP contribution in [0.15, 0.2) is 54.6 Å². The van der Waals surface area contributed by atoms with Gasteiger partial charge in [0.25, 0.3) is 5.91 Å². The molecule has 20 heavy (non-hydrogen) atoms. The van der Waals surface area contributed by atoms with E-state index in [4.69, 9.17) is 0 Å². The first-order chi connectivity index (χ1) is 9.72. The van der Waals surface area contributed by atoms with Crippen molar-refractivity contribution < 1.29 is 4.79 Å². The second-order valence-electron chi connectivity index (χ2n) is 4.82. The van der Waals surface area contributed by atoms with E-state index in [1.54, 1.807) is 4.90 Å². The normalized spacial score (nSPS) is 10.9. The molecular weight excluding hydrogens is 361 g/mol. The van der Waals surface area contributed by atoms with Gasteiger partial charge in [0.2, 0.25) is 0 Å². The number of hydrogen-bond donors (Lipinski definition) is 0. The molecule has 0 bridgehead atoms. The number of hydrogen-bond acceptors (Lipinski definition) is 1. The maximum Gasteiger partial charge on any atom is 0.255 e. The third-order valence-corrected chi connectivity index (χ3v) is 4.53. The number of nitrogens with zero attached hydrogens (tertiary/aromatic N) is 1. The number of halogens is 1. The zero-order valence-electron chi connectivity index (χ0n) is 11.1. The molecule has 0 radical (unpaired) electrons. The van der Waals surface area contributed by atoms with Crippen LogP contribution in [0.2, 0.25) is 0 Å². The van der Waals surface area contributed by atoms with Gasteiger partial charge in [-0.05, 0) is 27.6 Å². The van der Waals surface area contributed by atoms with Gasteiger partial charge in [0.05, 0.1) is 10.1 Å². The van der Waals surface area contributed by atoms with Gasteiger partial charge in [-0.3, -0.25) is 4.79 Å². The van der Waals surface area contributed by atoms with Crippen LogP contribution in [0.4, 0.5) is 0 Å². The summed E-state index contributed by atoms with van der Waals surface area (Å²) in [4.78, 5) is 14.5. The van der Waals surface area contributed by atoms with Crippen LogP contribution in [0.3, 0.4) is 0 Å². The summed E-state index contributed by atoms with van der Waals surface area (Å²) < 4.78 is 0.675. The molecule has 0 saturated carbocycles. The molecule has 0 saturated heterocycles. The molecule has 3 rings (SSSR count). The summed E-state index contributed by atoms with van der Waals surface area (Å²) in [6.45, 7) is 0. The number of alkyl halides is 1. The van der Waals surface area contributed by atoms with Gasteiger partial charge in [-0.1, -0.05) is 71.1 Å². The zero-order chi connectivity index (χ0) is 14.1. The molecule has 0 unspecified atom stereocenters. The fourth-order valence-corrected chi connectivity index (χ4v) is 2.80. The molecule has 0 heterocycles. The number of carbonyl (C=O) groups is 1. The number of amides is 1. The van der Waals surface area contributed by atoms with Crippen LogP contribution in [0, 0.1) is 0 Å². The Bertz CT molecular complexity index is 743. The predicted octanol–water partition coefficient (Wildman–Crippen LogP) is 4.46. The van der Waals surface area contributed by atoms with Gasteiger partial charge in [0.1, 0.15) is 0 Å². The van der Waals surface area contributed by atoms with Gasteiger partial charge < -0.3 is 4.90 Å². The summed E-state index contributed by atoms with van der Waals surface area (Å²) in [5, 5.41) is 4.26. The van der Waals surface area contributed by atoms with Crippen molar-refractivity contribution in [1.29, 1.82) is 0 Å². The summed E-state index contributed by atoms with van der Waals surface area (Å²) in [6.07, 6.45) is 0. The van der Waals surface area contributed by atoms with Crippen molar-refractivity contribution in [3.05, 3.63) is 60.2 Å². The van der Waals surface area contributed by atoms with Crippen LogP contribution in [0.5, 0.6) is 0 Å². The topological polar surface area (TPSA) is 20.3 Å². The lowest BCUT2D eigenvalue weighted by molar-refractivity contribution is 0.0828. The lowest BCUT2D eigenvalue weighted by atomic mass is 9.96. The lowest BCUT2D eigenvalue weighted by Crippen LogP contribution is -2.25. The van der Waals surface area contributed by atoms with Gasteiger partial charge in [-0.2, -0.15) is 0 Å². The van der Waals surface area contributed by atoms with E-state index in [1.807, 2.05) is 43.4 Å². The van der Waals surface area contributed by atoms with E-state index < -0.39 is 0 Å². The molecule has 0 fully saturated rings. The van der Waals surface area contributed by atoms with Crippen LogP contribution in [-0.4, -0.2) is 22.4 Å². The minimum Gasteiger partial charge on any atom is -0.332 e. The Balaban J connectivity index is 2.42. The van der Waals surface area contributed by atoms with E-state index in [0.717, 1.165) is 27.1 Å². The summed E-state index contributed by atoms with van der Waals surface area (Å²) in [7, 11) is 1.84. The van der Waals surface area contributed by atoms with Crippen molar-refractivity contribution >= 4 is 50.0 Å². The first kappa shape index (κ1) is 13.4. The Labute approximate surface area is 131 Å². The third-order valence-electron chi connectivity index (χ3n) is 3.51. The quantitative estimate of drug-likeness (QED) is 0.280. The van der Waals surface area contributed by atoms with Crippen LogP contribution >= 0.6 is 22.6 Å². The van der Waals surface area contributed by atoms with Gasteiger partial charge in [-0.25, -0.2) is 0 Å². The average molecular weight is 375 g/mol. The standard InChI is InChI=1S/C17H14INO/c1-19(11-18)17(20)16-14-8-4-2-6-12(14)10-13-7-3-5-9-15(13)16/h2-10H,11H2,1H3. The molecule has 100 valence electrons. The van der Waals surface area contributed by atoms with E-state index in [1.165, 1.54) is 0 Å². The van der Waals surface area contributed by atoms with E-state index in [-0.39, 0.29) is 5.91 Å². The average Bonchev–Trinajstić information content (AvgIpc) is 2.51. The number of benzene rings is 3. The first-order valence-corrected chi connectivity index (χ1v) is 7.97. The molecule has 0 aliphatic carbocycles. The maximum atomic E-state index is 12.7. The van der Waals surface area contributed by atoms with Crippen molar-refractivity contribution in [2.24, 2.45) is 0 Å². The van der Waals surface area contributed by atoms with Crippen LogP contribution in [0.25, 0.3) is 21.5 Å². The smallest absolute Gasteiger partial charge is 0.255 e. The molecule has 2 nitrogen and oxygen atoms in total. The van der Waals surface area contributed by atoms with Gasteiger partial charge >= 0.3 is 0 Å². The number of carbonyl (C=O) groups excluding carboxylic acids is 1. The highest BCUT2D eigenvalue weighted by Crippen LogP contribution is 2.29. The molecule has 1 amide bonds. The monoisotopic (exact) mass is 375 g/mol. The Hall–Kier alpha value is -1.62. The van der Waals surface area contributed by atoms with Gasteiger partial charge in [0.15, 0.2) is 0 Å². The van der Waals surface area contributed by atoms with Crippen LogP contribution in [-0.2, 0) is 0 Å². The van der Waals surface area contributed by atoms with Crippen molar-refractivity contribution in [3.63, 3.8) is 0 Å². The second-order valence-corrected chi connectivity index (χ2v) is 5.50. The van der Waals surface area contributed by atoms with Crippen molar-refractivity contribution in [2.45, 2.75) is 0 Å². The van der Waals surface area contributed by atoms with Crippen molar-refractivity contribution in [2.75, 3.05) is 11.6 Å². The number of fused-ring (bicyclic) bond motifs is 2. The molecule has 3 aromatic rings. The first-order valence-electron chi connectivity index (χ1n) is 6.44. The molecule has 0 spiro atoms. The summed E-state index contributed by atoms with van der Waals surface area (Å²) in [5.41, 5.74) is 0.804. The zero-order valence-corrected chi connectivity index (χ0v) is 13.3. The highest BCUT2D eigenvalue weighted by atomic mass is 127. The molecule has 0 aliphatic heterocycles. The maximum absolute atomic E-state index is 12.7. The van der Waals surface area contributed by atoms with Gasteiger partial charge in [-0.15, -0.1) is 0 Å². The summed E-state index contributed by atoms with van der Waals surface area (Å²) >= 11 is 2.21. The Morgan fingerprint density at radius 1 is 1.00 bits per heavy atom. The number of rotatable bonds is 2. The second kappa shape index (κ2) is 5.40. The third kappa shape index (κ3) is 2.16. The highest BCUT2D eigenvalue weighted by molar-refractivity contribution is 14.1. The van der Waals surface area contributed by atoms with Gasteiger partial charge in [0, 0.05) is 7.05 Å². The summed E-state index contributed by atoms with van der Waals surface area (Å²) in [5.74, 6) is 0.0763. The Morgan fingerprint density at radius 2 is 1.50 bits per heavy atom.